The summed E-state index contributed by atoms with van der Waals surface area (Å²) in [5, 5.41) is 0. The Morgan fingerprint density at radius 3 is 2.94 bits per heavy atom. The van der Waals surface area contributed by atoms with Gasteiger partial charge in [-0.3, -0.25) is 4.90 Å². The van der Waals surface area contributed by atoms with Crippen molar-refractivity contribution in [2.24, 2.45) is 11.7 Å². The van der Waals surface area contributed by atoms with E-state index in [2.05, 4.69) is 17.9 Å². The molecule has 1 aromatic heterocycles. The second-order valence-electron chi connectivity index (χ2n) is 4.80. The minimum Gasteiger partial charge on any atom is -0.465 e. The highest BCUT2D eigenvalue weighted by Gasteiger charge is 2.21. The molecule has 3 nitrogen and oxygen atoms in total. The number of likely N-dealkylation sites (tertiary alicyclic amines) is 1. The Morgan fingerprint density at radius 2 is 2.38 bits per heavy atom. The molecule has 1 aromatic rings. The Balaban J connectivity index is 1.94. The molecule has 0 aromatic carbocycles. The normalized spacial score (nSPS) is 21.8. The fourth-order valence-corrected chi connectivity index (χ4v) is 2.48. The van der Waals surface area contributed by atoms with Gasteiger partial charge in [0.1, 0.15) is 11.5 Å². The lowest BCUT2D eigenvalue weighted by atomic mass is 10.1. The summed E-state index contributed by atoms with van der Waals surface area (Å²) in [5.74, 6) is 2.92. The highest BCUT2D eigenvalue weighted by atomic mass is 16.3. The topological polar surface area (TPSA) is 42.4 Å². The van der Waals surface area contributed by atoms with Crippen LogP contribution in [-0.2, 0) is 13.1 Å². The van der Waals surface area contributed by atoms with E-state index in [-0.39, 0.29) is 0 Å². The number of aryl methyl sites for hydroxylation is 1. The van der Waals surface area contributed by atoms with Gasteiger partial charge >= 0.3 is 0 Å². The molecule has 1 aliphatic heterocycles. The predicted molar refractivity (Wildman–Crippen MR) is 65.0 cm³/mol. The van der Waals surface area contributed by atoms with E-state index in [1.54, 1.807) is 0 Å². The molecule has 0 spiro atoms. The summed E-state index contributed by atoms with van der Waals surface area (Å²) in [6.45, 7) is 8.21. The lowest BCUT2D eigenvalue weighted by molar-refractivity contribution is 0.283. The van der Waals surface area contributed by atoms with Crippen molar-refractivity contribution >= 4 is 0 Å². The van der Waals surface area contributed by atoms with Crippen molar-refractivity contribution in [3.8, 4) is 0 Å². The molecule has 3 heteroatoms. The molecule has 0 radical (unpaired) electrons. The summed E-state index contributed by atoms with van der Waals surface area (Å²) >= 11 is 0. The van der Waals surface area contributed by atoms with Gasteiger partial charge in [-0.15, -0.1) is 0 Å². The molecule has 0 saturated carbocycles. The SMILES string of the molecule is CCC1CCN(Cc2cc(CN)c(C)o2)C1. The van der Waals surface area contributed by atoms with Crippen molar-refractivity contribution in [2.45, 2.75) is 39.8 Å². The molecule has 2 N–H and O–H groups in total. The second kappa shape index (κ2) is 5.02. The molecule has 0 aliphatic carbocycles. The average molecular weight is 222 g/mol. The Labute approximate surface area is 97.6 Å². The van der Waals surface area contributed by atoms with Crippen LogP contribution < -0.4 is 5.73 Å². The smallest absolute Gasteiger partial charge is 0.118 e. The number of nitrogens with zero attached hydrogens (tertiary/aromatic N) is 1. The number of hydrogen-bond donors (Lipinski definition) is 1. The molecule has 0 amide bonds. The van der Waals surface area contributed by atoms with E-state index < -0.39 is 0 Å². The van der Waals surface area contributed by atoms with Crippen LogP contribution in [-0.4, -0.2) is 18.0 Å². The zero-order valence-corrected chi connectivity index (χ0v) is 10.3. The lowest BCUT2D eigenvalue weighted by Crippen LogP contribution is -2.19. The zero-order valence-electron chi connectivity index (χ0n) is 10.3. The first-order chi connectivity index (χ1) is 7.72. The summed E-state index contributed by atoms with van der Waals surface area (Å²) in [7, 11) is 0. The van der Waals surface area contributed by atoms with E-state index in [0.29, 0.717) is 6.54 Å². The van der Waals surface area contributed by atoms with E-state index in [9.17, 15) is 0 Å². The summed E-state index contributed by atoms with van der Waals surface area (Å²) in [4.78, 5) is 2.48. The molecule has 1 aliphatic rings. The Kier molecular flexibility index (Phi) is 3.66. The van der Waals surface area contributed by atoms with Crippen molar-refractivity contribution in [2.75, 3.05) is 13.1 Å². The molecule has 2 rings (SSSR count). The van der Waals surface area contributed by atoms with Gasteiger partial charge in [-0.05, 0) is 31.9 Å². The Morgan fingerprint density at radius 1 is 1.56 bits per heavy atom. The van der Waals surface area contributed by atoms with Crippen LogP contribution in [0.25, 0.3) is 0 Å². The van der Waals surface area contributed by atoms with E-state index in [0.717, 1.165) is 29.5 Å². The summed E-state index contributed by atoms with van der Waals surface area (Å²) < 4.78 is 5.71. The van der Waals surface area contributed by atoms with Crippen LogP contribution in [0.2, 0.25) is 0 Å². The number of hydrogen-bond acceptors (Lipinski definition) is 3. The van der Waals surface area contributed by atoms with Crippen LogP contribution in [0.1, 0.15) is 36.8 Å². The highest BCUT2D eigenvalue weighted by molar-refractivity contribution is 5.20. The van der Waals surface area contributed by atoms with Crippen molar-refractivity contribution in [3.63, 3.8) is 0 Å². The molecule has 1 atom stereocenters. The van der Waals surface area contributed by atoms with Crippen molar-refractivity contribution in [3.05, 3.63) is 23.2 Å². The number of furan rings is 1. The second-order valence-corrected chi connectivity index (χ2v) is 4.80. The average Bonchev–Trinajstić information content (AvgIpc) is 2.85. The third kappa shape index (κ3) is 2.47. The van der Waals surface area contributed by atoms with Gasteiger partial charge in [-0.2, -0.15) is 0 Å². The summed E-state index contributed by atoms with van der Waals surface area (Å²) in [5.41, 5.74) is 6.78. The number of nitrogens with two attached hydrogens (primary N) is 1. The van der Waals surface area contributed by atoms with Crippen molar-refractivity contribution in [1.82, 2.24) is 4.90 Å². The Hall–Kier alpha value is -0.800. The van der Waals surface area contributed by atoms with E-state index >= 15 is 0 Å². The van der Waals surface area contributed by atoms with E-state index in [4.69, 9.17) is 10.2 Å². The fraction of sp³-hybridized carbons (Fsp3) is 0.692. The highest BCUT2D eigenvalue weighted by Crippen LogP contribution is 2.22. The van der Waals surface area contributed by atoms with Crippen molar-refractivity contribution < 1.29 is 4.42 Å². The Bertz CT molecular complexity index is 346. The molecular weight excluding hydrogens is 200 g/mol. The molecule has 0 bridgehead atoms. The van der Waals surface area contributed by atoms with Crippen LogP contribution in [0.15, 0.2) is 10.5 Å². The molecular formula is C13H22N2O. The largest absolute Gasteiger partial charge is 0.465 e. The molecule has 2 heterocycles. The quantitative estimate of drug-likeness (QED) is 0.850. The first-order valence-corrected chi connectivity index (χ1v) is 6.23. The van der Waals surface area contributed by atoms with Crippen LogP contribution in [0.3, 0.4) is 0 Å². The van der Waals surface area contributed by atoms with Gasteiger partial charge in [0.05, 0.1) is 6.54 Å². The van der Waals surface area contributed by atoms with Gasteiger partial charge in [0.2, 0.25) is 0 Å². The standard InChI is InChI=1S/C13H22N2O/c1-3-11-4-5-15(8-11)9-13-6-12(7-14)10(2)16-13/h6,11H,3-5,7-9,14H2,1-2H3. The van der Waals surface area contributed by atoms with E-state index in [1.807, 2.05) is 6.92 Å². The molecule has 1 fully saturated rings. The third-order valence-electron chi connectivity index (χ3n) is 3.62. The molecule has 16 heavy (non-hydrogen) atoms. The fourth-order valence-electron chi connectivity index (χ4n) is 2.48. The van der Waals surface area contributed by atoms with Crippen LogP contribution in [0, 0.1) is 12.8 Å². The molecule has 1 saturated heterocycles. The predicted octanol–water partition coefficient (Wildman–Crippen LogP) is 2.28. The maximum atomic E-state index is 5.71. The lowest BCUT2D eigenvalue weighted by Gasteiger charge is -2.13. The summed E-state index contributed by atoms with van der Waals surface area (Å²) in [6.07, 6.45) is 2.63. The van der Waals surface area contributed by atoms with Gasteiger partial charge < -0.3 is 10.2 Å². The van der Waals surface area contributed by atoms with Crippen LogP contribution >= 0.6 is 0 Å². The minimum absolute atomic E-state index is 0.576. The molecule has 1 unspecified atom stereocenters. The van der Waals surface area contributed by atoms with Crippen LogP contribution in [0.5, 0.6) is 0 Å². The van der Waals surface area contributed by atoms with Gasteiger partial charge in [-0.25, -0.2) is 0 Å². The van der Waals surface area contributed by atoms with Gasteiger partial charge in [0.15, 0.2) is 0 Å². The zero-order chi connectivity index (χ0) is 11.5. The van der Waals surface area contributed by atoms with Gasteiger partial charge in [-0.1, -0.05) is 13.3 Å². The van der Waals surface area contributed by atoms with Crippen molar-refractivity contribution in [1.29, 1.82) is 0 Å². The molecule has 90 valence electrons. The summed E-state index contributed by atoms with van der Waals surface area (Å²) in [6, 6.07) is 2.11. The number of rotatable bonds is 4. The van der Waals surface area contributed by atoms with Gasteiger partial charge in [0, 0.05) is 18.7 Å². The van der Waals surface area contributed by atoms with Crippen LogP contribution in [0.4, 0.5) is 0 Å². The minimum atomic E-state index is 0.576. The monoisotopic (exact) mass is 222 g/mol. The third-order valence-corrected chi connectivity index (χ3v) is 3.62. The first-order valence-electron chi connectivity index (χ1n) is 6.23. The van der Waals surface area contributed by atoms with E-state index in [1.165, 1.54) is 25.9 Å². The maximum Gasteiger partial charge on any atom is 0.118 e. The maximum absolute atomic E-state index is 5.71. The first kappa shape index (κ1) is 11.7. The van der Waals surface area contributed by atoms with Gasteiger partial charge in [0.25, 0.3) is 0 Å².